The molecule has 174 valence electrons. The Hall–Kier alpha value is -4.14. The number of piperidine rings is 1. The van der Waals surface area contributed by atoms with E-state index in [4.69, 9.17) is 4.42 Å². The van der Waals surface area contributed by atoms with E-state index in [1.54, 1.807) is 47.2 Å². The van der Waals surface area contributed by atoms with Gasteiger partial charge >= 0.3 is 0 Å². The molecule has 5 rings (SSSR count). The fourth-order valence-electron chi connectivity index (χ4n) is 4.22. The van der Waals surface area contributed by atoms with Crippen LogP contribution >= 0.6 is 0 Å². The van der Waals surface area contributed by atoms with Gasteiger partial charge in [-0.2, -0.15) is 10.2 Å². The molecule has 0 bridgehead atoms. The molecule has 0 aliphatic carbocycles. The Balaban J connectivity index is 1.26. The van der Waals surface area contributed by atoms with Crippen molar-refractivity contribution in [2.45, 2.75) is 12.8 Å². The molecule has 1 saturated heterocycles. The summed E-state index contributed by atoms with van der Waals surface area (Å²) in [5.41, 5.74) is 2.49. The minimum absolute atomic E-state index is 0.0630. The summed E-state index contributed by atoms with van der Waals surface area (Å²) in [7, 11) is 1.78. The Kier molecular flexibility index (Phi) is 5.99. The molecule has 1 aliphatic rings. The minimum atomic E-state index is -0.121. The molecule has 0 atom stereocenters. The van der Waals surface area contributed by atoms with Crippen LogP contribution in [0.2, 0.25) is 0 Å². The van der Waals surface area contributed by atoms with E-state index < -0.39 is 0 Å². The maximum atomic E-state index is 13.5. The number of nitrogens with zero attached hydrogens (tertiary/aromatic N) is 5. The second-order valence-electron chi connectivity index (χ2n) is 8.49. The first kappa shape index (κ1) is 21.7. The molecule has 1 aliphatic heterocycles. The molecule has 2 amide bonds. The van der Waals surface area contributed by atoms with Gasteiger partial charge in [0.1, 0.15) is 11.4 Å². The largest absolute Gasteiger partial charge is 0.463 e. The number of likely N-dealkylation sites (tertiary alicyclic amines) is 1. The fourth-order valence-corrected chi connectivity index (χ4v) is 4.22. The van der Waals surface area contributed by atoms with E-state index in [2.05, 4.69) is 15.5 Å². The number of amides is 2. The van der Waals surface area contributed by atoms with E-state index >= 15 is 0 Å². The topological polar surface area (TPSA) is 98.2 Å². The lowest BCUT2D eigenvalue weighted by Crippen LogP contribution is -2.42. The number of furan rings is 1. The molecule has 0 spiro atoms. The monoisotopic (exact) mass is 458 g/mol. The van der Waals surface area contributed by atoms with Crippen molar-refractivity contribution in [3.05, 3.63) is 78.4 Å². The molecule has 4 heterocycles. The Morgan fingerprint density at radius 1 is 1.12 bits per heavy atom. The van der Waals surface area contributed by atoms with Crippen LogP contribution in [0.5, 0.6) is 0 Å². The fraction of sp³-hybridized carbons (Fsp3) is 0.280. The van der Waals surface area contributed by atoms with Crippen molar-refractivity contribution in [3.8, 4) is 17.1 Å². The number of aryl methyl sites for hydroxylation is 1. The normalized spacial score (nSPS) is 14.3. The lowest BCUT2D eigenvalue weighted by Gasteiger charge is -2.32. The molecule has 1 N–H and O–H groups in total. The zero-order valence-electron chi connectivity index (χ0n) is 18.9. The summed E-state index contributed by atoms with van der Waals surface area (Å²) >= 11 is 0. The van der Waals surface area contributed by atoms with Crippen molar-refractivity contribution < 1.29 is 14.0 Å². The minimum Gasteiger partial charge on any atom is -0.463 e. The van der Waals surface area contributed by atoms with Crippen molar-refractivity contribution in [1.29, 1.82) is 0 Å². The average molecular weight is 459 g/mol. The van der Waals surface area contributed by atoms with Crippen molar-refractivity contribution in [2.75, 3.05) is 19.6 Å². The maximum Gasteiger partial charge on any atom is 0.272 e. The van der Waals surface area contributed by atoms with Crippen LogP contribution in [0.4, 0.5) is 0 Å². The first-order chi connectivity index (χ1) is 16.6. The smallest absolute Gasteiger partial charge is 0.272 e. The van der Waals surface area contributed by atoms with Crippen LogP contribution in [0.15, 0.2) is 71.6 Å². The van der Waals surface area contributed by atoms with Gasteiger partial charge in [-0.3, -0.25) is 14.3 Å². The second-order valence-corrected chi connectivity index (χ2v) is 8.49. The highest BCUT2D eigenvalue weighted by molar-refractivity contribution is 5.94. The summed E-state index contributed by atoms with van der Waals surface area (Å²) in [5, 5.41) is 11.7. The molecular weight excluding hydrogens is 432 g/mol. The quantitative estimate of drug-likeness (QED) is 0.479. The number of benzene rings is 1. The van der Waals surface area contributed by atoms with Gasteiger partial charge in [-0.1, -0.05) is 18.2 Å². The van der Waals surface area contributed by atoms with Gasteiger partial charge < -0.3 is 14.6 Å². The third kappa shape index (κ3) is 4.50. The van der Waals surface area contributed by atoms with Crippen LogP contribution in [0.1, 0.15) is 33.7 Å². The molecule has 1 aromatic carbocycles. The third-order valence-corrected chi connectivity index (χ3v) is 6.12. The SMILES string of the molecule is Cn1cc(C(=O)NCC2CCN(C(=O)c3cc(-c4ccco4)nn3-c3ccccc3)CC2)cn1. The number of hydrogen-bond donors (Lipinski definition) is 1. The lowest BCUT2D eigenvalue weighted by atomic mass is 9.96. The van der Waals surface area contributed by atoms with Gasteiger partial charge in [0.05, 0.1) is 23.7 Å². The molecule has 0 saturated carbocycles. The Bertz CT molecular complexity index is 1270. The number of carbonyl (C=O) groups excluding carboxylic acids is 2. The van der Waals surface area contributed by atoms with E-state index in [9.17, 15) is 9.59 Å². The summed E-state index contributed by atoms with van der Waals surface area (Å²) in [4.78, 5) is 27.6. The van der Waals surface area contributed by atoms with Crippen LogP contribution < -0.4 is 5.32 Å². The standard InChI is InChI=1S/C25H26N6O3/c1-29-17-19(16-27-29)24(32)26-15-18-9-11-30(12-10-18)25(33)22-14-21(23-8-5-13-34-23)28-31(22)20-6-3-2-4-7-20/h2-8,13-14,16-18H,9-12,15H2,1H3,(H,26,32). The predicted molar refractivity (Wildman–Crippen MR) is 125 cm³/mol. The van der Waals surface area contributed by atoms with E-state index in [0.717, 1.165) is 18.5 Å². The average Bonchev–Trinajstić information content (AvgIpc) is 3.63. The van der Waals surface area contributed by atoms with E-state index in [-0.39, 0.29) is 11.8 Å². The number of aromatic nitrogens is 4. The molecule has 9 heteroatoms. The number of nitrogens with one attached hydrogen (secondary N) is 1. The summed E-state index contributed by atoms with van der Waals surface area (Å²) in [5.74, 6) is 0.755. The molecular formula is C25H26N6O3. The first-order valence-corrected chi connectivity index (χ1v) is 11.3. The molecule has 0 radical (unpaired) electrons. The van der Waals surface area contributed by atoms with Gasteiger partial charge in [0.15, 0.2) is 5.76 Å². The lowest BCUT2D eigenvalue weighted by molar-refractivity contribution is 0.0675. The van der Waals surface area contributed by atoms with Gasteiger partial charge in [0.25, 0.3) is 11.8 Å². The van der Waals surface area contributed by atoms with Crippen molar-refractivity contribution in [3.63, 3.8) is 0 Å². The zero-order chi connectivity index (χ0) is 23.5. The molecule has 3 aromatic heterocycles. The summed E-state index contributed by atoms with van der Waals surface area (Å²) in [6, 6.07) is 15.0. The van der Waals surface area contributed by atoms with Crippen molar-refractivity contribution in [1.82, 2.24) is 29.8 Å². The van der Waals surface area contributed by atoms with E-state index in [0.29, 0.717) is 48.3 Å². The maximum absolute atomic E-state index is 13.5. The Morgan fingerprint density at radius 3 is 2.59 bits per heavy atom. The third-order valence-electron chi connectivity index (χ3n) is 6.12. The van der Waals surface area contributed by atoms with Gasteiger partial charge in [0.2, 0.25) is 0 Å². The highest BCUT2D eigenvalue weighted by Crippen LogP contribution is 2.25. The number of rotatable bonds is 6. The van der Waals surface area contributed by atoms with Crippen LogP contribution in [-0.2, 0) is 7.05 Å². The zero-order valence-corrected chi connectivity index (χ0v) is 18.9. The summed E-state index contributed by atoms with van der Waals surface area (Å²) in [6.45, 7) is 1.84. The van der Waals surface area contributed by atoms with Crippen molar-refractivity contribution in [2.24, 2.45) is 13.0 Å². The molecule has 34 heavy (non-hydrogen) atoms. The number of para-hydroxylation sites is 1. The second kappa shape index (κ2) is 9.38. The van der Waals surface area contributed by atoms with Crippen LogP contribution in [0.25, 0.3) is 17.1 Å². The van der Waals surface area contributed by atoms with Crippen molar-refractivity contribution >= 4 is 11.8 Å². The summed E-state index contributed by atoms with van der Waals surface area (Å²) in [6.07, 6.45) is 6.50. The molecule has 4 aromatic rings. The van der Waals surface area contributed by atoms with E-state index in [1.165, 1.54) is 0 Å². The van der Waals surface area contributed by atoms with Gasteiger partial charge in [-0.25, -0.2) is 4.68 Å². The molecule has 1 fully saturated rings. The van der Waals surface area contributed by atoms with Gasteiger partial charge in [-0.15, -0.1) is 0 Å². The Labute approximate surface area is 197 Å². The van der Waals surface area contributed by atoms with Crippen LogP contribution in [0, 0.1) is 5.92 Å². The predicted octanol–water partition coefficient (Wildman–Crippen LogP) is 3.15. The summed E-state index contributed by atoms with van der Waals surface area (Å²) < 4.78 is 8.79. The Morgan fingerprint density at radius 2 is 1.91 bits per heavy atom. The highest BCUT2D eigenvalue weighted by Gasteiger charge is 2.27. The van der Waals surface area contributed by atoms with Gasteiger partial charge in [-0.05, 0) is 43.0 Å². The van der Waals surface area contributed by atoms with Crippen LogP contribution in [0.3, 0.4) is 0 Å². The number of hydrogen-bond acceptors (Lipinski definition) is 5. The van der Waals surface area contributed by atoms with E-state index in [1.807, 2.05) is 41.3 Å². The number of carbonyl (C=O) groups is 2. The first-order valence-electron chi connectivity index (χ1n) is 11.3. The highest BCUT2D eigenvalue weighted by atomic mass is 16.3. The molecule has 0 unspecified atom stereocenters. The van der Waals surface area contributed by atoms with Gasteiger partial charge in [0, 0.05) is 38.9 Å². The molecule has 9 nitrogen and oxygen atoms in total. The van der Waals surface area contributed by atoms with Crippen LogP contribution in [-0.4, -0.2) is 55.9 Å².